The second kappa shape index (κ2) is 7.63. The minimum Gasteiger partial charge on any atom is -0.394 e. The Kier molecular flexibility index (Phi) is 6.27. The van der Waals surface area contributed by atoms with Gasteiger partial charge in [0.2, 0.25) is 0 Å². The van der Waals surface area contributed by atoms with E-state index >= 15 is 0 Å². The largest absolute Gasteiger partial charge is 0.394 e. The first-order chi connectivity index (χ1) is 10.8. The normalized spacial score (nSPS) is 51.7. The summed E-state index contributed by atoms with van der Waals surface area (Å²) in [6.45, 7) is -1.35. The second-order valence-electron chi connectivity index (χ2n) is 5.53. The lowest BCUT2D eigenvalue weighted by molar-refractivity contribution is -0.355. The number of aliphatic hydroxyl groups excluding tert-OH is 8. The van der Waals surface area contributed by atoms with Gasteiger partial charge < -0.3 is 55.1 Å². The summed E-state index contributed by atoms with van der Waals surface area (Å²) in [4.78, 5) is 0. The topological polar surface area (TPSA) is 190 Å². The first-order valence-corrected chi connectivity index (χ1v) is 7.08. The van der Waals surface area contributed by atoms with Crippen molar-refractivity contribution < 1.29 is 55.1 Å². The highest BCUT2D eigenvalue weighted by atomic mass is 16.7. The Morgan fingerprint density at radius 3 is 1.83 bits per heavy atom. The fourth-order valence-corrected chi connectivity index (χ4v) is 2.57. The van der Waals surface area contributed by atoms with Gasteiger partial charge in [-0.15, -0.1) is 0 Å². The van der Waals surface area contributed by atoms with E-state index in [1.807, 2.05) is 0 Å². The van der Waals surface area contributed by atoms with Gasteiger partial charge in [-0.05, 0) is 0 Å². The van der Waals surface area contributed by atoms with Crippen molar-refractivity contribution in [3.8, 4) is 0 Å². The molecule has 136 valence electrons. The Morgan fingerprint density at radius 1 is 0.652 bits per heavy atom. The van der Waals surface area contributed by atoms with Crippen LogP contribution < -0.4 is 0 Å². The number of hydrogen-bond donors (Lipinski definition) is 8. The van der Waals surface area contributed by atoms with Gasteiger partial charge in [0, 0.05) is 0 Å². The van der Waals surface area contributed by atoms with Crippen LogP contribution in [0.4, 0.5) is 0 Å². The van der Waals surface area contributed by atoms with Gasteiger partial charge in [-0.25, -0.2) is 0 Å². The SMILES string of the molecule is OC[C@H]1O[C@H](O[C@H]2[C@@H](O)[C@@H](O)[C@H](O)O[C@@H]2CO)[C@H](O)[C@@H](O)[C@@H]1O. The van der Waals surface area contributed by atoms with E-state index in [0.717, 1.165) is 0 Å². The molecule has 2 fully saturated rings. The van der Waals surface area contributed by atoms with Crippen LogP contribution in [-0.2, 0) is 14.2 Å². The van der Waals surface area contributed by atoms with E-state index in [1.165, 1.54) is 0 Å². The van der Waals surface area contributed by atoms with E-state index < -0.39 is 74.6 Å². The molecule has 2 saturated heterocycles. The van der Waals surface area contributed by atoms with Gasteiger partial charge in [0.25, 0.3) is 0 Å². The maximum atomic E-state index is 9.94. The third kappa shape index (κ3) is 3.65. The molecule has 23 heavy (non-hydrogen) atoms. The monoisotopic (exact) mass is 342 g/mol. The van der Waals surface area contributed by atoms with Crippen LogP contribution in [0.5, 0.6) is 0 Å². The molecule has 0 aromatic heterocycles. The lowest BCUT2D eigenvalue weighted by atomic mass is 9.97. The van der Waals surface area contributed by atoms with E-state index in [0.29, 0.717) is 0 Å². The number of hydrogen-bond acceptors (Lipinski definition) is 11. The van der Waals surface area contributed by atoms with Crippen LogP contribution in [0, 0.1) is 0 Å². The van der Waals surface area contributed by atoms with E-state index in [-0.39, 0.29) is 0 Å². The second-order valence-corrected chi connectivity index (χ2v) is 5.53. The minimum absolute atomic E-state index is 0.667. The predicted octanol–water partition coefficient (Wildman–Crippen LogP) is -5.40. The lowest BCUT2D eigenvalue weighted by Crippen LogP contribution is -2.64. The zero-order chi connectivity index (χ0) is 17.3. The maximum Gasteiger partial charge on any atom is 0.187 e. The number of rotatable bonds is 4. The fourth-order valence-electron chi connectivity index (χ4n) is 2.57. The molecule has 8 N–H and O–H groups in total. The summed E-state index contributed by atoms with van der Waals surface area (Å²) in [6.07, 6.45) is -15.6. The Morgan fingerprint density at radius 2 is 1.26 bits per heavy atom. The first-order valence-electron chi connectivity index (χ1n) is 7.08. The van der Waals surface area contributed by atoms with E-state index in [4.69, 9.17) is 19.3 Å². The summed E-state index contributed by atoms with van der Waals surface area (Å²) < 4.78 is 15.3. The Bertz CT molecular complexity index is 378. The third-order valence-corrected chi connectivity index (χ3v) is 3.98. The number of ether oxygens (including phenoxy) is 3. The highest BCUT2D eigenvalue weighted by Crippen LogP contribution is 2.28. The van der Waals surface area contributed by atoms with Crippen LogP contribution in [0.2, 0.25) is 0 Å². The van der Waals surface area contributed by atoms with Crippen molar-refractivity contribution in [2.45, 2.75) is 61.4 Å². The van der Waals surface area contributed by atoms with Gasteiger partial charge in [0.05, 0.1) is 13.2 Å². The highest BCUT2D eigenvalue weighted by Gasteiger charge is 2.50. The van der Waals surface area contributed by atoms with Crippen molar-refractivity contribution >= 4 is 0 Å². The molecule has 0 saturated carbocycles. The summed E-state index contributed by atoms with van der Waals surface area (Å²) in [7, 11) is 0. The Balaban J connectivity index is 2.11. The van der Waals surface area contributed by atoms with Crippen molar-refractivity contribution in [2.75, 3.05) is 13.2 Å². The molecular formula is C12H22O11. The van der Waals surface area contributed by atoms with Gasteiger partial charge >= 0.3 is 0 Å². The van der Waals surface area contributed by atoms with Gasteiger partial charge in [0.15, 0.2) is 12.6 Å². The fraction of sp³-hybridized carbons (Fsp3) is 1.00. The molecule has 0 bridgehead atoms. The van der Waals surface area contributed by atoms with E-state index in [2.05, 4.69) is 0 Å². The van der Waals surface area contributed by atoms with Crippen molar-refractivity contribution in [3.63, 3.8) is 0 Å². The number of aliphatic hydroxyl groups is 8. The molecule has 0 radical (unpaired) electrons. The predicted molar refractivity (Wildman–Crippen MR) is 68.6 cm³/mol. The summed E-state index contributed by atoms with van der Waals surface area (Å²) in [5.74, 6) is 0. The average molecular weight is 342 g/mol. The standard InChI is InChI=1S/C12H22O11/c13-1-3-5(15)6(16)9(19)12(22-3)23-10-4(2-14)21-11(20)8(18)7(10)17/h3-20H,1-2H2/t3-,4-,5-,6+,7+,8-,9-,10-,11-,12-/m1/s1. The van der Waals surface area contributed by atoms with Gasteiger partial charge in [0.1, 0.15) is 48.8 Å². The quantitative estimate of drug-likeness (QED) is 0.243. The summed E-state index contributed by atoms with van der Waals surface area (Å²) in [6, 6.07) is 0. The molecule has 0 aromatic rings. The van der Waals surface area contributed by atoms with Crippen LogP contribution in [0.25, 0.3) is 0 Å². The Hall–Kier alpha value is -0.440. The molecule has 0 aliphatic carbocycles. The molecule has 2 heterocycles. The molecule has 11 nitrogen and oxygen atoms in total. The van der Waals surface area contributed by atoms with Crippen molar-refractivity contribution in [1.82, 2.24) is 0 Å². The Labute approximate surface area is 130 Å². The molecule has 2 rings (SSSR count). The third-order valence-electron chi connectivity index (χ3n) is 3.98. The summed E-state index contributed by atoms with van der Waals surface area (Å²) >= 11 is 0. The maximum absolute atomic E-state index is 9.94. The zero-order valence-electron chi connectivity index (χ0n) is 12.0. The molecule has 10 atom stereocenters. The van der Waals surface area contributed by atoms with Gasteiger partial charge in [-0.2, -0.15) is 0 Å². The van der Waals surface area contributed by atoms with Crippen LogP contribution in [0.3, 0.4) is 0 Å². The molecule has 0 unspecified atom stereocenters. The van der Waals surface area contributed by atoms with Crippen molar-refractivity contribution in [3.05, 3.63) is 0 Å². The lowest BCUT2D eigenvalue weighted by Gasteiger charge is -2.45. The molecule has 11 heteroatoms. The van der Waals surface area contributed by atoms with Crippen molar-refractivity contribution in [1.29, 1.82) is 0 Å². The van der Waals surface area contributed by atoms with E-state index in [1.54, 1.807) is 0 Å². The summed E-state index contributed by atoms with van der Waals surface area (Å²) in [5.41, 5.74) is 0. The van der Waals surface area contributed by atoms with Crippen LogP contribution in [0.1, 0.15) is 0 Å². The highest BCUT2D eigenvalue weighted by molar-refractivity contribution is 4.93. The van der Waals surface area contributed by atoms with Gasteiger partial charge in [-0.1, -0.05) is 0 Å². The summed E-state index contributed by atoms with van der Waals surface area (Å²) in [5, 5.41) is 76.5. The molecule has 0 aromatic carbocycles. The van der Waals surface area contributed by atoms with Crippen molar-refractivity contribution in [2.24, 2.45) is 0 Å². The average Bonchev–Trinajstić information content (AvgIpc) is 2.55. The van der Waals surface area contributed by atoms with Gasteiger partial charge in [-0.3, -0.25) is 0 Å². The first kappa shape index (κ1) is 18.9. The van der Waals surface area contributed by atoms with E-state index in [9.17, 15) is 35.7 Å². The molecule has 0 spiro atoms. The molecule has 0 amide bonds. The van der Waals surface area contributed by atoms with Crippen LogP contribution >= 0.6 is 0 Å². The molecule has 2 aliphatic rings. The molecule has 2 aliphatic heterocycles. The smallest absolute Gasteiger partial charge is 0.187 e. The zero-order valence-corrected chi connectivity index (χ0v) is 12.0. The van der Waals surface area contributed by atoms with Crippen LogP contribution in [0.15, 0.2) is 0 Å². The molecular weight excluding hydrogens is 320 g/mol. The van der Waals surface area contributed by atoms with Crippen LogP contribution in [-0.4, -0.2) is 115 Å². The minimum atomic E-state index is -1.74.